The Morgan fingerprint density at radius 3 is 2.59 bits per heavy atom. The van der Waals surface area contributed by atoms with Gasteiger partial charge >= 0.3 is 11.9 Å². The average Bonchev–Trinajstić information content (AvgIpc) is 2.54. The van der Waals surface area contributed by atoms with Crippen molar-refractivity contribution in [1.82, 2.24) is 4.98 Å². The molecule has 88 valence electrons. The number of carboxylic acid groups (broad SMARTS) is 2. The molecule has 0 saturated carbocycles. The summed E-state index contributed by atoms with van der Waals surface area (Å²) in [6.45, 7) is 1.74. The van der Waals surface area contributed by atoms with Crippen LogP contribution in [0.1, 0.15) is 21.6 Å². The van der Waals surface area contributed by atoms with Gasteiger partial charge in [-0.05, 0) is 18.6 Å². The number of carboxylic acids is 2. The van der Waals surface area contributed by atoms with Gasteiger partial charge < -0.3 is 15.2 Å². The number of aryl methyl sites for hydroxylation is 1. The summed E-state index contributed by atoms with van der Waals surface area (Å²) in [7, 11) is 0. The Bertz CT molecular complexity index is 612. The number of benzene rings is 1. The first-order valence-corrected chi connectivity index (χ1v) is 5.06. The van der Waals surface area contributed by atoms with E-state index in [9.17, 15) is 9.59 Å². The lowest BCUT2D eigenvalue weighted by atomic mass is 10.1. The van der Waals surface area contributed by atoms with Gasteiger partial charge in [0.05, 0.1) is 17.5 Å². The second kappa shape index (κ2) is 3.93. The van der Waals surface area contributed by atoms with Crippen molar-refractivity contribution < 1.29 is 19.8 Å². The smallest absolute Gasteiger partial charge is 0.337 e. The molecule has 0 saturated heterocycles. The van der Waals surface area contributed by atoms with Gasteiger partial charge in [-0.2, -0.15) is 0 Å². The zero-order chi connectivity index (χ0) is 12.6. The zero-order valence-corrected chi connectivity index (χ0v) is 9.15. The first-order chi connectivity index (χ1) is 8.00. The standard InChI is InChI=1S/C12H11NO4/c1-6-9(5-10(14)15)7-3-2-4-8(12(16)17)11(7)13-6/h2-4,13H,5H2,1H3,(H,14,15)(H,16,17). The van der Waals surface area contributed by atoms with E-state index in [0.29, 0.717) is 22.2 Å². The summed E-state index contributed by atoms with van der Waals surface area (Å²) < 4.78 is 0. The number of aromatic nitrogens is 1. The van der Waals surface area contributed by atoms with E-state index in [2.05, 4.69) is 4.98 Å². The fraction of sp³-hybridized carbons (Fsp3) is 0.167. The third-order valence-corrected chi connectivity index (χ3v) is 2.71. The summed E-state index contributed by atoms with van der Waals surface area (Å²) >= 11 is 0. The van der Waals surface area contributed by atoms with E-state index in [4.69, 9.17) is 10.2 Å². The minimum Gasteiger partial charge on any atom is -0.481 e. The third kappa shape index (κ3) is 1.87. The molecule has 17 heavy (non-hydrogen) atoms. The molecule has 1 aromatic heterocycles. The molecular formula is C12H11NO4. The van der Waals surface area contributed by atoms with Gasteiger partial charge in [0, 0.05) is 11.1 Å². The Morgan fingerprint density at radius 2 is 2.00 bits per heavy atom. The van der Waals surface area contributed by atoms with E-state index >= 15 is 0 Å². The van der Waals surface area contributed by atoms with Crippen LogP contribution in [0.25, 0.3) is 10.9 Å². The number of hydrogen-bond acceptors (Lipinski definition) is 2. The van der Waals surface area contributed by atoms with Gasteiger partial charge in [0.25, 0.3) is 0 Å². The second-order valence-electron chi connectivity index (χ2n) is 3.83. The van der Waals surface area contributed by atoms with Crippen molar-refractivity contribution in [2.75, 3.05) is 0 Å². The van der Waals surface area contributed by atoms with E-state index < -0.39 is 11.9 Å². The molecule has 0 aliphatic rings. The topological polar surface area (TPSA) is 90.4 Å². The van der Waals surface area contributed by atoms with Crippen molar-refractivity contribution in [3.8, 4) is 0 Å². The van der Waals surface area contributed by atoms with Crippen molar-refractivity contribution in [2.24, 2.45) is 0 Å². The number of para-hydroxylation sites is 1. The third-order valence-electron chi connectivity index (χ3n) is 2.71. The highest BCUT2D eigenvalue weighted by atomic mass is 16.4. The van der Waals surface area contributed by atoms with Crippen molar-refractivity contribution in [1.29, 1.82) is 0 Å². The molecule has 2 aromatic rings. The van der Waals surface area contributed by atoms with Crippen LogP contribution in [0.3, 0.4) is 0 Å². The molecule has 0 aliphatic carbocycles. The number of H-pyrrole nitrogens is 1. The molecule has 0 bridgehead atoms. The molecular weight excluding hydrogens is 222 g/mol. The normalized spacial score (nSPS) is 10.6. The largest absolute Gasteiger partial charge is 0.481 e. The van der Waals surface area contributed by atoms with Crippen LogP contribution in [-0.2, 0) is 11.2 Å². The van der Waals surface area contributed by atoms with Crippen LogP contribution in [0.15, 0.2) is 18.2 Å². The van der Waals surface area contributed by atoms with Gasteiger partial charge in [-0.15, -0.1) is 0 Å². The maximum Gasteiger partial charge on any atom is 0.337 e. The number of aliphatic carboxylic acids is 1. The second-order valence-corrected chi connectivity index (χ2v) is 3.83. The van der Waals surface area contributed by atoms with Crippen molar-refractivity contribution in [3.63, 3.8) is 0 Å². The lowest BCUT2D eigenvalue weighted by molar-refractivity contribution is -0.136. The predicted octanol–water partition coefficient (Wildman–Crippen LogP) is 1.80. The summed E-state index contributed by atoms with van der Waals surface area (Å²) in [4.78, 5) is 24.7. The summed E-state index contributed by atoms with van der Waals surface area (Å²) in [6.07, 6.45) is -0.116. The molecule has 2 rings (SSSR count). The molecule has 0 aliphatic heterocycles. The van der Waals surface area contributed by atoms with E-state index in [-0.39, 0.29) is 12.0 Å². The summed E-state index contributed by atoms with van der Waals surface area (Å²) in [6, 6.07) is 4.83. The highest BCUT2D eigenvalue weighted by Crippen LogP contribution is 2.25. The molecule has 1 heterocycles. The van der Waals surface area contributed by atoms with Crippen LogP contribution in [0.5, 0.6) is 0 Å². The zero-order valence-electron chi connectivity index (χ0n) is 9.15. The van der Waals surface area contributed by atoms with Gasteiger partial charge in [0.1, 0.15) is 0 Å². The van der Waals surface area contributed by atoms with Crippen LogP contribution in [0.2, 0.25) is 0 Å². The minimum atomic E-state index is -1.03. The first kappa shape index (κ1) is 11.2. The number of nitrogens with one attached hydrogen (secondary N) is 1. The van der Waals surface area contributed by atoms with Crippen LogP contribution in [0.4, 0.5) is 0 Å². The van der Waals surface area contributed by atoms with Crippen LogP contribution in [0, 0.1) is 6.92 Å². The Labute approximate surface area is 96.7 Å². The van der Waals surface area contributed by atoms with Gasteiger partial charge in [0.2, 0.25) is 0 Å². The van der Waals surface area contributed by atoms with Crippen molar-refractivity contribution >= 4 is 22.8 Å². The highest BCUT2D eigenvalue weighted by Gasteiger charge is 2.16. The summed E-state index contributed by atoms with van der Waals surface area (Å²) in [5.74, 6) is -1.96. The first-order valence-electron chi connectivity index (χ1n) is 5.06. The van der Waals surface area contributed by atoms with Crippen molar-refractivity contribution in [3.05, 3.63) is 35.0 Å². The van der Waals surface area contributed by atoms with E-state index in [1.54, 1.807) is 19.1 Å². The Hall–Kier alpha value is -2.30. The monoisotopic (exact) mass is 233 g/mol. The lowest BCUT2D eigenvalue weighted by Crippen LogP contribution is -2.00. The van der Waals surface area contributed by atoms with E-state index in [0.717, 1.165) is 0 Å². The average molecular weight is 233 g/mol. The fourth-order valence-corrected chi connectivity index (χ4v) is 1.96. The molecule has 0 fully saturated rings. The SMILES string of the molecule is Cc1[nH]c2c(C(=O)O)cccc2c1CC(=O)O. The van der Waals surface area contributed by atoms with Crippen molar-refractivity contribution in [2.45, 2.75) is 13.3 Å². The van der Waals surface area contributed by atoms with E-state index in [1.807, 2.05) is 0 Å². The molecule has 0 unspecified atom stereocenters. The highest BCUT2D eigenvalue weighted by molar-refractivity contribution is 6.04. The predicted molar refractivity (Wildman–Crippen MR) is 61.3 cm³/mol. The van der Waals surface area contributed by atoms with Gasteiger partial charge in [-0.25, -0.2) is 4.79 Å². The van der Waals surface area contributed by atoms with Gasteiger partial charge in [-0.3, -0.25) is 4.79 Å². The molecule has 1 aromatic carbocycles. The van der Waals surface area contributed by atoms with Crippen LogP contribution in [-0.4, -0.2) is 27.1 Å². The number of aromatic carboxylic acids is 1. The molecule has 5 heteroatoms. The van der Waals surface area contributed by atoms with Crippen LogP contribution < -0.4 is 0 Å². The Morgan fingerprint density at radius 1 is 1.29 bits per heavy atom. The van der Waals surface area contributed by atoms with Gasteiger partial charge in [-0.1, -0.05) is 12.1 Å². The Balaban J connectivity index is 2.71. The molecule has 0 radical (unpaired) electrons. The molecule has 5 nitrogen and oxygen atoms in total. The summed E-state index contributed by atoms with van der Waals surface area (Å²) in [5.41, 5.74) is 1.96. The maximum atomic E-state index is 11.0. The molecule has 0 spiro atoms. The fourth-order valence-electron chi connectivity index (χ4n) is 1.96. The lowest BCUT2D eigenvalue weighted by Gasteiger charge is -1.98. The number of aromatic amines is 1. The number of carbonyl (C=O) groups is 2. The summed E-state index contributed by atoms with van der Waals surface area (Å²) in [5, 5.41) is 18.5. The molecule has 0 atom stereocenters. The number of fused-ring (bicyclic) bond motifs is 1. The minimum absolute atomic E-state index is 0.116. The molecule has 0 amide bonds. The van der Waals surface area contributed by atoms with Gasteiger partial charge in [0.15, 0.2) is 0 Å². The van der Waals surface area contributed by atoms with E-state index in [1.165, 1.54) is 6.07 Å². The maximum absolute atomic E-state index is 11.0. The Kier molecular flexibility index (Phi) is 2.59. The quantitative estimate of drug-likeness (QED) is 0.753. The molecule has 3 N–H and O–H groups in total. The number of hydrogen-bond donors (Lipinski definition) is 3. The van der Waals surface area contributed by atoms with Crippen LogP contribution >= 0.6 is 0 Å². The number of rotatable bonds is 3.